The third-order valence-electron chi connectivity index (χ3n) is 2.66. The summed E-state index contributed by atoms with van der Waals surface area (Å²) in [6.45, 7) is 3.64. The maximum atomic E-state index is 8.80. The van der Waals surface area contributed by atoms with E-state index in [1.54, 1.807) is 0 Å². The van der Waals surface area contributed by atoms with Crippen molar-refractivity contribution >= 4 is 0 Å². The second-order valence-electron chi connectivity index (χ2n) is 4.24. The topological polar surface area (TPSA) is 41.5 Å². The van der Waals surface area contributed by atoms with Crippen LogP contribution in [0.15, 0.2) is 24.3 Å². The van der Waals surface area contributed by atoms with E-state index >= 15 is 0 Å². The molecule has 0 saturated heterocycles. The summed E-state index contributed by atoms with van der Waals surface area (Å²) in [6, 6.07) is 8.28. The average Bonchev–Trinajstić information content (AvgIpc) is 2.38. The van der Waals surface area contributed by atoms with Gasteiger partial charge in [0, 0.05) is 25.6 Å². The molecule has 18 heavy (non-hydrogen) atoms. The first-order valence-electron chi connectivity index (χ1n) is 6.25. The molecular weight excluding hydrogens is 226 g/mol. The number of aliphatic hydroxyl groups excluding tert-OH is 1. The number of benzene rings is 1. The van der Waals surface area contributed by atoms with Crippen molar-refractivity contribution in [2.45, 2.75) is 32.4 Å². The first kappa shape index (κ1) is 14.6. The van der Waals surface area contributed by atoms with E-state index in [-0.39, 0.29) is 6.61 Å². The van der Waals surface area contributed by atoms with Gasteiger partial charge in [0.1, 0.15) is 5.75 Å². The fraction of sp³-hybridized carbons (Fsp3) is 0.467. The highest BCUT2D eigenvalue weighted by Crippen LogP contribution is 2.12. The van der Waals surface area contributed by atoms with Crippen molar-refractivity contribution < 1.29 is 9.84 Å². The molecule has 0 radical (unpaired) electrons. The minimum atomic E-state index is 0.218. The summed E-state index contributed by atoms with van der Waals surface area (Å²) in [5.74, 6) is 3.38. The molecule has 0 saturated carbocycles. The Bertz CT molecular complexity index is 367. The van der Waals surface area contributed by atoms with Crippen LogP contribution in [0.25, 0.3) is 0 Å². The Morgan fingerprint density at radius 2 is 2.11 bits per heavy atom. The standard InChI is InChI=1S/C15H21NO2/c1-3-4-11-18-15-7-5-14(6-8-15)12-16-13(2)9-10-17/h1,5-8,13,16-17H,4,9-12H2,2H3. The Balaban J connectivity index is 2.33. The van der Waals surface area contributed by atoms with Gasteiger partial charge in [-0.25, -0.2) is 0 Å². The fourth-order valence-electron chi connectivity index (χ4n) is 1.52. The van der Waals surface area contributed by atoms with Crippen molar-refractivity contribution in [2.24, 2.45) is 0 Å². The second-order valence-corrected chi connectivity index (χ2v) is 4.24. The van der Waals surface area contributed by atoms with E-state index in [9.17, 15) is 0 Å². The van der Waals surface area contributed by atoms with Crippen LogP contribution in [0.2, 0.25) is 0 Å². The highest BCUT2D eigenvalue weighted by molar-refractivity contribution is 5.27. The van der Waals surface area contributed by atoms with Gasteiger partial charge < -0.3 is 15.2 Å². The lowest BCUT2D eigenvalue weighted by atomic mass is 10.2. The van der Waals surface area contributed by atoms with Crippen LogP contribution in [0.3, 0.4) is 0 Å². The molecule has 0 heterocycles. The van der Waals surface area contributed by atoms with Gasteiger partial charge in [-0.2, -0.15) is 0 Å². The van der Waals surface area contributed by atoms with E-state index in [0.717, 1.165) is 18.7 Å². The summed E-state index contributed by atoms with van der Waals surface area (Å²) < 4.78 is 5.47. The molecule has 1 aromatic carbocycles. The molecule has 0 aliphatic rings. The Kier molecular flexibility index (Phi) is 6.93. The zero-order chi connectivity index (χ0) is 13.2. The number of ether oxygens (including phenoxy) is 1. The minimum Gasteiger partial charge on any atom is -0.493 e. The Labute approximate surface area is 109 Å². The predicted octanol–water partition coefficient (Wildman–Crippen LogP) is 1.95. The molecule has 98 valence electrons. The zero-order valence-electron chi connectivity index (χ0n) is 10.9. The van der Waals surface area contributed by atoms with E-state index in [2.05, 4.69) is 18.2 Å². The SMILES string of the molecule is C#CCCOc1ccc(CNC(C)CCO)cc1. The van der Waals surface area contributed by atoms with Crippen LogP contribution in [0.4, 0.5) is 0 Å². The first-order valence-corrected chi connectivity index (χ1v) is 6.25. The molecule has 1 atom stereocenters. The van der Waals surface area contributed by atoms with Crippen molar-refractivity contribution in [3.63, 3.8) is 0 Å². The number of nitrogens with one attached hydrogen (secondary N) is 1. The van der Waals surface area contributed by atoms with Crippen LogP contribution in [-0.4, -0.2) is 24.4 Å². The molecule has 1 rings (SSSR count). The second kappa shape index (κ2) is 8.57. The maximum Gasteiger partial charge on any atom is 0.119 e. The van der Waals surface area contributed by atoms with Gasteiger partial charge in [0.05, 0.1) is 6.61 Å². The molecule has 1 unspecified atom stereocenters. The van der Waals surface area contributed by atoms with Crippen molar-refractivity contribution in [3.05, 3.63) is 29.8 Å². The van der Waals surface area contributed by atoms with E-state index in [4.69, 9.17) is 16.3 Å². The molecule has 0 aliphatic carbocycles. The highest BCUT2D eigenvalue weighted by Gasteiger charge is 2.00. The predicted molar refractivity (Wildman–Crippen MR) is 73.4 cm³/mol. The van der Waals surface area contributed by atoms with Crippen LogP contribution in [-0.2, 0) is 6.54 Å². The smallest absolute Gasteiger partial charge is 0.119 e. The molecule has 1 aromatic rings. The van der Waals surface area contributed by atoms with Crippen LogP contribution < -0.4 is 10.1 Å². The van der Waals surface area contributed by atoms with Crippen molar-refractivity contribution in [1.29, 1.82) is 0 Å². The molecule has 0 amide bonds. The molecule has 2 N–H and O–H groups in total. The average molecular weight is 247 g/mol. The lowest BCUT2D eigenvalue weighted by Crippen LogP contribution is -2.26. The summed E-state index contributed by atoms with van der Waals surface area (Å²) in [4.78, 5) is 0. The van der Waals surface area contributed by atoms with Gasteiger partial charge in [-0.1, -0.05) is 12.1 Å². The van der Waals surface area contributed by atoms with Crippen LogP contribution in [0.5, 0.6) is 5.75 Å². The van der Waals surface area contributed by atoms with E-state index < -0.39 is 0 Å². The molecule has 0 spiro atoms. The molecule has 0 aliphatic heterocycles. The molecular formula is C15H21NO2. The molecule has 0 bridgehead atoms. The molecule has 3 nitrogen and oxygen atoms in total. The lowest BCUT2D eigenvalue weighted by Gasteiger charge is -2.12. The van der Waals surface area contributed by atoms with Gasteiger partial charge in [0.15, 0.2) is 0 Å². The Hall–Kier alpha value is -1.50. The number of hydrogen-bond acceptors (Lipinski definition) is 3. The van der Waals surface area contributed by atoms with Gasteiger partial charge in [-0.15, -0.1) is 12.3 Å². The van der Waals surface area contributed by atoms with Gasteiger partial charge in [0.25, 0.3) is 0 Å². The fourth-order valence-corrected chi connectivity index (χ4v) is 1.52. The van der Waals surface area contributed by atoms with Gasteiger partial charge in [-0.05, 0) is 31.0 Å². The number of hydrogen-bond donors (Lipinski definition) is 2. The summed E-state index contributed by atoms with van der Waals surface area (Å²) >= 11 is 0. The van der Waals surface area contributed by atoms with Crippen molar-refractivity contribution in [2.75, 3.05) is 13.2 Å². The van der Waals surface area contributed by atoms with Gasteiger partial charge >= 0.3 is 0 Å². The molecule has 0 aromatic heterocycles. The monoisotopic (exact) mass is 247 g/mol. The summed E-state index contributed by atoms with van der Waals surface area (Å²) in [6.07, 6.45) is 6.55. The highest BCUT2D eigenvalue weighted by atomic mass is 16.5. The summed E-state index contributed by atoms with van der Waals surface area (Å²) in [5, 5.41) is 12.1. The zero-order valence-corrected chi connectivity index (χ0v) is 10.9. The quantitative estimate of drug-likeness (QED) is 0.545. The number of rotatable bonds is 8. The maximum absolute atomic E-state index is 8.80. The summed E-state index contributed by atoms with van der Waals surface area (Å²) in [7, 11) is 0. The normalized spacial score (nSPS) is 11.8. The summed E-state index contributed by atoms with van der Waals surface area (Å²) in [5.41, 5.74) is 1.20. The Morgan fingerprint density at radius 1 is 1.39 bits per heavy atom. The van der Waals surface area contributed by atoms with E-state index in [1.165, 1.54) is 5.56 Å². The number of terminal acetylenes is 1. The number of aliphatic hydroxyl groups is 1. The van der Waals surface area contributed by atoms with Crippen LogP contribution in [0.1, 0.15) is 25.3 Å². The van der Waals surface area contributed by atoms with Gasteiger partial charge in [-0.3, -0.25) is 0 Å². The molecule has 0 fully saturated rings. The molecule has 3 heteroatoms. The van der Waals surface area contributed by atoms with Crippen LogP contribution in [0, 0.1) is 12.3 Å². The largest absolute Gasteiger partial charge is 0.493 e. The van der Waals surface area contributed by atoms with Gasteiger partial charge in [0.2, 0.25) is 0 Å². The van der Waals surface area contributed by atoms with E-state index in [1.807, 2.05) is 24.3 Å². The Morgan fingerprint density at radius 3 is 2.72 bits per heavy atom. The minimum absolute atomic E-state index is 0.218. The van der Waals surface area contributed by atoms with Crippen LogP contribution >= 0.6 is 0 Å². The van der Waals surface area contributed by atoms with Crippen molar-refractivity contribution in [1.82, 2.24) is 5.32 Å². The van der Waals surface area contributed by atoms with Crippen molar-refractivity contribution in [3.8, 4) is 18.1 Å². The lowest BCUT2D eigenvalue weighted by molar-refractivity contribution is 0.268. The third kappa shape index (κ3) is 5.72. The third-order valence-corrected chi connectivity index (χ3v) is 2.66. The van der Waals surface area contributed by atoms with E-state index in [0.29, 0.717) is 19.1 Å². The first-order chi connectivity index (χ1) is 8.76.